The van der Waals surface area contributed by atoms with Crippen molar-refractivity contribution < 1.29 is 4.79 Å². The van der Waals surface area contributed by atoms with Gasteiger partial charge in [-0.1, -0.05) is 0 Å². The predicted octanol–water partition coefficient (Wildman–Crippen LogP) is -0.257. The van der Waals surface area contributed by atoms with E-state index in [1.54, 1.807) is 10.9 Å². The van der Waals surface area contributed by atoms with E-state index < -0.39 is 0 Å². The molecule has 1 aliphatic rings. The van der Waals surface area contributed by atoms with Crippen LogP contribution in [0.4, 0.5) is 5.95 Å². The van der Waals surface area contributed by atoms with Crippen molar-refractivity contribution in [1.82, 2.24) is 24.8 Å². The van der Waals surface area contributed by atoms with Crippen LogP contribution in [0.3, 0.4) is 0 Å². The van der Waals surface area contributed by atoms with Gasteiger partial charge in [0.25, 0.3) is 0 Å². The summed E-state index contributed by atoms with van der Waals surface area (Å²) in [5.41, 5.74) is 2.35. The van der Waals surface area contributed by atoms with Crippen LogP contribution >= 0.6 is 0 Å². The highest BCUT2D eigenvalue weighted by molar-refractivity contribution is 5.75. The smallest absolute Gasteiger partial charge is 0.227 e. The average Bonchev–Trinajstić information content (AvgIpc) is 2.84. The van der Waals surface area contributed by atoms with E-state index in [2.05, 4.69) is 25.2 Å². The van der Waals surface area contributed by atoms with Crippen molar-refractivity contribution in [2.24, 2.45) is 0 Å². The Morgan fingerprint density at radius 1 is 1.37 bits per heavy atom. The molecule has 0 amide bonds. The van der Waals surface area contributed by atoms with E-state index in [0.29, 0.717) is 5.65 Å². The highest BCUT2D eigenvalue weighted by atomic mass is 16.1. The highest BCUT2D eigenvalue weighted by Crippen LogP contribution is 2.18. The SMILES string of the molecule is Cc1nc(N2CCNCC2)nc2ncn(CC=O)c12. The lowest BCUT2D eigenvalue weighted by Crippen LogP contribution is -2.44. The molecule has 1 saturated heterocycles. The first-order valence-electron chi connectivity index (χ1n) is 6.38. The third-order valence-electron chi connectivity index (χ3n) is 3.31. The minimum absolute atomic E-state index is 0.285. The van der Waals surface area contributed by atoms with E-state index in [-0.39, 0.29) is 6.54 Å². The van der Waals surface area contributed by atoms with Gasteiger partial charge in [-0.2, -0.15) is 4.98 Å². The molecule has 0 spiro atoms. The number of rotatable bonds is 3. The summed E-state index contributed by atoms with van der Waals surface area (Å²) < 4.78 is 1.78. The Balaban J connectivity index is 2.02. The Morgan fingerprint density at radius 2 is 2.16 bits per heavy atom. The van der Waals surface area contributed by atoms with Gasteiger partial charge < -0.3 is 19.6 Å². The van der Waals surface area contributed by atoms with Gasteiger partial charge in [0.05, 0.1) is 18.6 Å². The number of hydrogen-bond donors (Lipinski definition) is 1. The molecule has 0 radical (unpaired) electrons. The minimum Gasteiger partial charge on any atom is -0.338 e. The molecule has 19 heavy (non-hydrogen) atoms. The first-order valence-corrected chi connectivity index (χ1v) is 6.38. The zero-order chi connectivity index (χ0) is 13.2. The number of carbonyl (C=O) groups is 1. The molecule has 7 nitrogen and oxygen atoms in total. The summed E-state index contributed by atoms with van der Waals surface area (Å²) in [6.45, 7) is 5.91. The number of aryl methyl sites for hydroxylation is 1. The molecule has 2 aromatic rings. The Labute approximate surface area is 110 Å². The number of carbonyl (C=O) groups excluding carboxylic acids is 1. The molecule has 1 aliphatic heterocycles. The quantitative estimate of drug-likeness (QED) is 0.767. The van der Waals surface area contributed by atoms with Crippen LogP contribution in [0.25, 0.3) is 11.2 Å². The summed E-state index contributed by atoms with van der Waals surface area (Å²) >= 11 is 0. The molecular weight excluding hydrogens is 244 g/mol. The van der Waals surface area contributed by atoms with Gasteiger partial charge in [-0.05, 0) is 6.92 Å². The predicted molar refractivity (Wildman–Crippen MR) is 71.2 cm³/mol. The molecule has 0 aliphatic carbocycles. The van der Waals surface area contributed by atoms with Gasteiger partial charge in [0, 0.05) is 26.2 Å². The maximum atomic E-state index is 10.6. The lowest BCUT2D eigenvalue weighted by Gasteiger charge is -2.27. The molecule has 0 unspecified atom stereocenters. The molecule has 0 bridgehead atoms. The monoisotopic (exact) mass is 260 g/mol. The highest BCUT2D eigenvalue weighted by Gasteiger charge is 2.16. The summed E-state index contributed by atoms with van der Waals surface area (Å²) in [7, 11) is 0. The maximum absolute atomic E-state index is 10.6. The molecule has 1 N–H and O–H groups in total. The van der Waals surface area contributed by atoms with Crippen molar-refractivity contribution in [3.63, 3.8) is 0 Å². The third-order valence-corrected chi connectivity index (χ3v) is 3.31. The van der Waals surface area contributed by atoms with Crippen LogP contribution in [-0.4, -0.2) is 52.0 Å². The van der Waals surface area contributed by atoms with E-state index in [1.807, 2.05) is 6.92 Å². The summed E-state index contributed by atoms with van der Waals surface area (Å²) in [6, 6.07) is 0. The molecule has 7 heteroatoms. The summed E-state index contributed by atoms with van der Waals surface area (Å²) in [5, 5.41) is 3.30. The van der Waals surface area contributed by atoms with Gasteiger partial charge in [-0.15, -0.1) is 0 Å². The van der Waals surface area contributed by atoms with Gasteiger partial charge in [0.1, 0.15) is 11.8 Å². The number of imidazole rings is 1. The average molecular weight is 260 g/mol. The molecule has 100 valence electrons. The fourth-order valence-corrected chi connectivity index (χ4v) is 2.37. The van der Waals surface area contributed by atoms with E-state index in [1.165, 1.54) is 0 Å². The Bertz CT molecular complexity index is 602. The number of fused-ring (bicyclic) bond motifs is 1. The molecule has 3 heterocycles. The van der Waals surface area contributed by atoms with E-state index >= 15 is 0 Å². The summed E-state index contributed by atoms with van der Waals surface area (Å²) in [5.74, 6) is 0.725. The van der Waals surface area contributed by atoms with Crippen molar-refractivity contribution in [1.29, 1.82) is 0 Å². The molecule has 2 aromatic heterocycles. The summed E-state index contributed by atoms with van der Waals surface area (Å²) in [4.78, 5) is 26.1. The van der Waals surface area contributed by atoms with Crippen molar-refractivity contribution in [3.05, 3.63) is 12.0 Å². The molecular formula is C12H16N6O. The second-order valence-corrected chi connectivity index (χ2v) is 4.58. The number of nitrogens with zero attached hydrogens (tertiary/aromatic N) is 5. The molecule has 0 aromatic carbocycles. The van der Waals surface area contributed by atoms with Crippen LogP contribution in [0.2, 0.25) is 0 Å². The first kappa shape index (κ1) is 12.0. The van der Waals surface area contributed by atoms with Crippen molar-refractivity contribution in [3.8, 4) is 0 Å². The van der Waals surface area contributed by atoms with Crippen molar-refractivity contribution >= 4 is 23.4 Å². The maximum Gasteiger partial charge on any atom is 0.227 e. The number of piperazine rings is 1. The Morgan fingerprint density at radius 3 is 2.89 bits per heavy atom. The number of hydrogen-bond acceptors (Lipinski definition) is 6. The Hall–Kier alpha value is -2.02. The van der Waals surface area contributed by atoms with E-state index in [0.717, 1.165) is 49.6 Å². The second kappa shape index (κ2) is 4.93. The van der Waals surface area contributed by atoms with Crippen LogP contribution < -0.4 is 10.2 Å². The van der Waals surface area contributed by atoms with Crippen LogP contribution in [0.1, 0.15) is 5.69 Å². The largest absolute Gasteiger partial charge is 0.338 e. The van der Waals surface area contributed by atoms with Crippen LogP contribution in [0, 0.1) is 6.92 Å². The van der Waals surface area contributed by atoms with Crippen molar-refractivity contribution in [2.75, 3.05) is 31.1 Å². The molecule has 3 rings (SSSR count). The fourth-order valence-electron chi connectivity index (χ4n) is 2.37. The number of aromatic nitrogens is 4. The lowest BCUT2D eigenvalue weighted by atomic mass is 10.3. The number of aldehydes is 1. The van der Waals surface area contributed by atoms with Gasteiger partial charge in [-0.25, -0.2) is 9.97 Å². The summed E-state index contributed by atoms with van der Waals surface area (Å²) in [6.07, 6.45) is 2.49. The topological polar surface area (TPSA) is 75.9 Å². The van der Waals surface area contributed by atoms with Gasteiger partial charge in [0.2, 0.25) is 5.95 Å². The van der Waals surface area contributed by atoms with Crippen LogP contribution in [-0.2, 0) is 11.3 Å². The van der Waals surface area contributed by atoms with Gasteiger partial charge in [0.15, 0.2) is 5.65 Å². The number of nitrogens with one attached hydrogen (secondary N) is 1. The Kier molecular flexibility index (Phi) is 3.12. The normalized spacial score (nSPS) is 15.9. The third kappa shape index (κ3) is 2.17. The van der Waals surface area contributed by atoms with Crippen LogP contribution in [0.15, 0.2) is 6.33 Å². The lowest BCUT2D eigenvalue weighted by molar-refractivity contribution is -0.108. The van der Waals surface area contributed by atoms with E-state index in [9.17, 15) is 4.79 Å². The second-order valence-electron chi connectivity index (χ2n) is 4.58. The number of anilines is 1. The molecule has 1 fully saturated rings. The molecule has 0 saturated carbocycles. The van der Waals surface area contributed by atoms with Crippen LogP contribution in [0.5, 0.6) is 0 Å². The van der Waals surface area contributed by atoms with Gasteiger partial charge >= 0.3 is 0 Å². The standard InChI is InChI=1S/C12H16N6O/c1-9-10-11(14-8-18(10)6-7-19)16-12(15-9)17-4-2-13-3-5-17/h7-8,13H,2-6H2,1H3. The molecule has 0 atom stereocenters. The van der Waals surface area contributed by atoms with Gasteiger partial charge in [-0.3, -0.25) is 0 Å². The van der Waals surface area contributed by atoms with E-state index in [4.69, 9.17) is 0 Å². The fraction of sp³-hybridized carbons (Fsp3) is 0.500. The zero-order valence-corrected chi connectivity index (χ0v) is 10.8. The van der Waals surface area contributed by atoms with Crippen molar-refractivity contribution in [2.45, 2.75) is 13.5 Å². The minimum atomic E-state index is 0.285. The first-order chi connectivity index (χ1) is 9.29. The zero-order valence-electron chi connectivity index (χ0n) is 10.8.